The predicted octanol–water partition coefficient (Wildman–Crippen LogP) is 2.55. The Hall–Kier alpha value is -1.64. The van der Waals surface area contributed by atoms with Crippen LogP contribution in [0.25, 0.3) is 0 Å². The molecule has 2 aromatic rings. The van der Waals surface area contributed by atoms with Gasteiger partial charge in [0, 0.05) is 35.0 Å². The molecule has 0 aliphatic heterocycles. The zero-order chi connectivity index (χ0) is 13.1. The second-order valence-electron chi connectivity index (χ2n) is 3.79. The van der Waals surface area contributed by atoms with Gasteiger partial charge in [-0.15, -0.1) is 0 Å². The molecule has 1 aromatic carbocycles. The third-order valence-electron chi connectivity index (χ3n) is 2.40. The van der Waals surface area contributed by atoms with E-state index in [0.29, 0.717) is 12.2 Å². The molecule has 0 fully saturated rings. The first-order valence-electron chi connectivity index (χ1n) is 5.21. The number of hydrogen-bond donors (Lipinski definition) is 1. The number of benzene rings is 1. The molecule has 2 rings (SSSR count). The van der Waals surface area contributed by atoms with Gasteiger partial charge < -0.3 is 5.32 Å². The summed E-state index contributed by atoms with van der Waals surface area (Å²) in [5.41, 5.74) is 1.58. The Balaban J connectivity index is 2.16. The summed E-state index contributed by atoms with van der Waals surface area (Å²) in [4.78, 5) is 10.6. The lowest BCUT2D eigenvalue weighted by Crippen LogP contribution is -2.02. The molecule has 6 nitrogen and oxygen atoms in total. The molecular weight excluding hydrogens is 347 g/mol. The number of nitro benzene ring substituents is 1. The third kappa shape index (κ3) is 2.97. The van der Waals surface area contributed by atoms with Crippen LogP contribution < -0.4 is 5.32 Å². The minimum absolute atomic E-state index is 0.0887. The molecule has 1 aromatic heterocycles. The fraction of sp³-hybridized carbons (Fsp3) is 0.182. The number of nitrogens with zero attached hydrogens (tertiary/aromatic N) is 3. The SMILES string of the molecule is Cn1cc(CNc2ccc(I)cc2[N+](=O)[O-])cn1. The van der Waals surface area contributed by atoms with Gasteiger partial charge in [-0.1, -0.05) is 0 Å². The van der Waals surface area contributed by atoms with E-state index in [0.717, 1.165) is 9.13 Å². The van der Waals surface area contributed by atoms with Crippen molar-refractivity contribution >= 4 is 34.0 Å². The molecule has 0 saturated heterocycles. The van der Waals surface area contributed by atoms with Crippen molar-refractivity contribution in [2.75, 3.05) is 5.32 Å². The van der Waals surface area contributed by atoms with Crippen LogP contribution in [0, 0.1) is 13.7 Å². The van der Waals surface area contributed by atoms with Crippen molar-refractivity contribution in [1.82, 2.24) is 9.78 Å². The molecule has 0 spiro atoms. The van der Waals surface area contributed by atoms with Crippen LogP contribution in [0.4, 0.5) is 11.4 Å². The fourth-order valence-electron chi connectivity index (χ4n) is 1.57. The van der Waals surface area contributed by atoms with Gasteiger partial charge in [-0.25, -0.2) is 0 Å². The molecule has 0 saturated carbocycles. The van der Waals surface area contributed by atoms with Crippen molar-refractivity contribution in [3.8, 4) is 0 Å². The normalized spacial score (nSPS) is 10.3. The van der Waals surface area contributed by atoms with Gasteiger partial charge in [-0.05, 0) is 34.7 Å². The van der Waals surface area contributed by atoms with E-state index < -0.39 is 0 Å². The Kier molecular flexibility index (Phi) is 3.80. The van der Waals surface area contributed by atoms with Crippen molar-refractivity contribution in [1.29, 1.82) is 0 Å². The highest BCUT2D eigenvalue weighted by Crippen LogP contribution is 2.26. The van der Waals surface area contributed by atoms with Crippen molar-refractivity contribution < 1.29 is 4.92 Å². The van der Waals surface area contributed by atoms with Gasteiger partial charge in [0.25, 0.3) is 5.69 Å². The minimum Gasteiger partial charge on any atom is -0.375 e. The number of anilines is 1. The highest BCUT2D eigenvalue weighted by atomic mass is 127. The lowest BCUT2D eigenvalue weighted by molar-refractivity contribution is -0.384. The zero-order valence-corrected chi connectivity index (χ0v) is 11.8. The molecule has 0 aliphatic rings. The van der Waals surface area contributed by atoms with E-state index in [1.807, 2.05) is 19.3 Å². The van der Waals surface area contributed by atoms with Crippen molar-refractivity contribution in [3.63, 3.8) is 0 Å². The van der Waals surface area contributed by atoms with E-state index in [1.54, 1.807) is 23.0 Å². The van der Waals surface area contributed by atoms with Gasteiger partial charge >= 0.3 is 0 Å². The third-order valence-corrected chi connectivity index (χ3v) is 3.07. The minimum atomic E-state index is -0.381. The summed E-state index contributed by atoms with van der Waals surface area (Å²) in [5, 5.41) is 18.0. The van der Waals surface area contributed by atoms with Gasteiger partial charge in [-0.2, -0.15) is 5.10 Å². The molecule has 1 heterocycles. The van der Waals surface area contributed by atoms with Gasteiger partial charge in [0.15, 0.2) is 0 Å². The Morgan fingerprint density at radius 1 is 1.56 bits per heavy atom. The molecule has 0 aliphatic carbocycles. The first-order chi connectivity index (χ1) is 8.56. The summed E-state index contributed by atoms with van der Waals surface area (Å²) in [6.07, 6.45) is 3.59. The van der Waals surface area contributed by atoms with E-state index in [-0.39, 0.29) is 10.6 Å². The lowest BCUT2D eigenvalue weighted by Gasteiger charge is -2.05. The van der Waals surface area contributed by atoms with E-state index in [4.69, 9.17) is 0 Å². The summed E-state index contributed by atoms with van der Waals surface area (Å²) in [6.45, 7) is 0.509. The molecule has 0 unspecified atom stereocenters. The standard InChI is InChI=1S/C11H11IN4O2/c1-15-7-8(6-14-15)5-13-10-3-2-9(12)4-11(10)16(17)18/h2-4,6-7,13H,5H2,1H3. The number of aryl methyl sites for hydroxylation is 1. The monoisotopic (exact) mass is 358 g/mol. The smallest absolute Gasteiger partial charge is 0.293 e. The van der Waals surface area contributed by atoms with Gasteiger partial charge in [-0.3, -0.25) is 14.8 Å². The van der Waals surface area contributed by atoms with Gasteiger partial charge in [0.05, 0.1) is 11.1 Å². The van der Waals surface area contributed by atoms with Crippen LogP contribution in [-0.2, 0) is 13.6 Å². The number of hydrogen-bond acceptors (Lipinski definition) is 4. The van der Waals surface area contributed by atoms with Crippen LogP contribution in [0.5, 0.6) is 0 Å². The van der Waals surface area contributed by atoms with E-state index in [2.05, 4.69) is 33.0 Å². The Bertz CT molecular complexity index is 582. The quantitative estimate of drug-likeness (QED) is 0.518. The number of rotatable bonds is 4. The summed E-state index contributed by atoms with van der Waals surface area (Å²) >= 11 is 2.05. The van der Waals surface area contributed by atoms with Crippen molar-refractivity contribution in [3.05, 3.63) is 49.8 Å². The number of halogens is 1. The van der Waals surface area contributed by atoms with E-state index in [1.165, 1.54) is 0 Å². The molecule has 1 N–H and O–H groups in total. The molecule has 0 radical (unpaired) electrons. The predicted molar refractivity (Wildman–Crippen MR) is 76.3 cm³/mol. The molecule has 7 heteroatoms. The molecule has 0 atom stereocenters. The first-order valence-corrected chi connectivity index (χ1v) is 6.29. The van der Waals surface area contributed by atoms with Crippen LogP contribution in [0.15, 0.2) is 30.6 Å². The van der Waals surface area contributed by atoms with E-state index in [9.17, 15) is 10.1 Å². The molecule has 18 heavy (non-hydrogen) atoms. The Morgan fingerprint density at radius 3 is 2.94 bits per heavy atom. The lowest BCUT2D eigenvalue weighted by atomic mass is 10.2. The summed E-state index contributed by atoms with van der Waals surface area (Å²) < 4.78 is 2.53. The second-order valence-corrected chi connectivity index (χ2v) is 5.04. The average molecular weight is 358 g/mol. The summed E-state index contributed by atoms with van der Waals surface area (Å²) in [5.74, 6) is 0. The topological polar surface area (TPSA) is 73.0 Å². The maximum atomic E-state index is 10.9. The maximum absolute atomic E-state index is 10.9. The van der Waals surface area contributed by atoms with E-state index >= 15 is 0 Å². The van der Waals surface area contributed by atoms with Crippen molar-refractivity contribution in [2.45, 2.75) is 6.54 Å². The van der Waals surface area contributed by atoms with Crippen LogP contribution in [0.2, 0.25) is 0 Å². The van der Waals surface area contributed by atoms with Crippen LogP contribution in [0.3, 0.4) is 0 Å². The highest BCUT2D eigenvalue weighted by molar-refractivity contribution is 14.1. The van der Waals surface area contributed by atoms with Crippen LogP contribution >= 0.6 is 22.6 Å². The molecule has 0 amide bonds. The molecular formula is C11H11IN4O2. The second kappa shape index (κ2) is 5.34. The van der Waals surface area contributed by atoms with Crippen molar-refractivity contribution in [2.24, 2.45) is 7.05 Å². The number of nitro groups is 1. The highest BCUT2D eigenvalue weighted by Gasteiger charge is 2.13. The Labute approximate surface area is 117 Å². The van der Waals surface area contributed by atoms with Gasteiger partial charge in [0.1, 0.15) is 5.69 Å². The first kappa shape index (κ1) is 12.8. The summed E-state index contributed by atoms with van der Waals surface area (Å²) in [6, 6.07) is 5.10. The molecule has 94 valence electrons. The zero-order valence-electron chi connectivity index (χ0n) is 9.63. The molecule has 0 bridgehead atoms. The van der Waals surface area contributed by atoms with Crippen LogP contribution in [0.1, 0.15) is 5.56 Å². The maximum Gasteiger partial charge on any atom is 0.293 e. The van der Waals surface area contributed by atoms with Crippen LogP contribution in [-0.4, -0.2) is 14.7 Å². The number of aromatic nitrogens is 2. The Morgan fingerprint density at radius 2 is 2.33 bits per heavy atom. The largest absolute Gasteiger partial charge is 0.375 e. The average Bonchev–Trinajstić information content (AvgIpc) is 2.73. The fourth-order valence-corrected chi connectivity index (χ4v) is 2.04. The summed E-state index contributed by atoms with van der Waals surface area (Å²) in [7, 11) is 1.83. The van der Waals surface area contributed by atoms with Gasteiger partial charge in [0.2, 0.25) is 0 Å². The number of nitrogens with one attached hydrogen (secondary N) is 1.